The summed E-state index contributed by atoms with van der Waals surface area (Å²) < 4.78 is 5.46. The van der Waals surface area contributed by atoms with E-state index in [1.807, 2.05) is 6.92 Å². The summed E-state index contributed by atoms with van der Waals surface area (Å²) in [6.45, 7) is 13.1. The van der Waals surface area contributed by atoms with Gasteiger partial charge in [0.2, 0.25) is 0 Å². The van der Waals surface area contributed by atoms with Crippen molar-refractivity contribution >= 4 is 5.97 Å². The molecule has 13 atom stereocenters. The molecular weight excluding hydrogens is 468 g/mol. The molecule has 5 rings (SSSR count). The number of ether oxygens (including phenoxy) is 1. The van der Waals surface area contributed by atoms with Gasteiger partial charge in [-0.15, -0.1) is 0 Å². The molecule has 0 heterocycles. The van der Waals surface area contributed by atoms with Gasteiger partial charge in [-0.1, -0.05) is 53.2 Å². The molecule has 0 radical (unpaired) electrons. The van der Waals surface area contributed by atoms with Gasteiger partial charge in [-0.05, 0) is 84.9 Å². The Bertz CT molecular complexity index is 979. The molecule has 6 heteroatoms. The predicted molar refractivity (Wildman–Crippen MR) is 141 cm³/mol. The predicted octanol–water partition coefficient (Wildman–Crippen LogP) is 4.09. The summed E-state index contributed by atoms with van der Waals surface area (Å²) in [5, 5.41) is 44.3. The van der Waals surface area contributed by atoms with E-state index in [1.165, 1.54) is 12.7 Å². The van der Waals surface area contributed by atoms with Crippen LogP contribution in [0.4, 0.5) is 0 Å². The summed E-state index contributed by atoms with van der Waals surface area (Å²) in [4.78, 5) is 13.4. The highest BCUT2D eigenvalue weighted by molar-refractivity contribution is 5.78. The molecule has 6 nitrogen and oxygen atoms in total. The van der Waals surface area contributed by atoms with E-state index in [0.717, 1.165) is 32.1 Å². The lowest BCUT2D eigenvalue weighted by molar-refractivity contribution is -0.273. The standard InChI is InChI=1S/C31H50O6/c1-17-10-11-31(26(36)37-7)13-12-29(5)19(23(31)18(17)2)8-9-22-27(3)14-21(34)25(35)28(4,16-32)24(27)20(33)15-30(22,29)6/h8,17-18,20-25,32-35H,9-16H2,1-7H3/t17-,18+,20-,21-,22-,23-,24-,25+,27-,28+,29-,30-,31+/m1/s1. The van der Waals surface area contributed by atoms with Gasteiger partial charge in [0.05, 0.1) is 37.4 Å². The van der Waals surface area contributed by atoms with Gasteiger partial charge in [0.15, 0.2) is 0 Å². The Labute approximate surface area is 222 Å². The average molecular weight is 519 g/mol. The van der Waals surface area contributed by atoms with E-state index in [9.17, 15) is 25.2 Å². The lowest BCUT2D eigenvalue weighted by atomic mass is 9.32. The number of esters is 1. The molecule has 5 aliphatic carbocycles. The van der Waals surface area contributed by atoms with Crippen LogP contribution >= 0.6 is 0 Å². The number of carbonyl (C=O) groups excluding carboxylic acids is 1. The molecule has 0 saturated heterocycles. The van der Waals surface area contributed by atoms with Crippen LogP contribution in [0.25, 0.3) is 0 Å². The first-order valence-corrected chi connectivity index (χ1v) is 14.6. The molecule has 37 heavy (non-hydrogen) atoms. The quantitative estimate of drug-likeness (QED) is 0.324. The SMILES string of the molecule is COC(=O)[C@]12CC[C@@H](C)[C@H](C)[C@@H]1C1=CC[C@@H]3[C@@]4(C)C[C@@H](O)[C@H](O)[C@@](C)(CO)[C@@H]4[C@H](O)C[C@@]3(C)[C@]1(C)CC2. The second-order valence-electron chi connectivity index (χ2n) is 14.8. The molecule has 0 unspecified atom stereocenters. The third-order valence-corrected chi connectivity index (χ3v) is 13.6. The molecule has 0 amide bonds. The van der Waals surface area contributed by atoms with Crippen molar-refractivity contribution in [1.29, 1.82) is 0 Å². The van der Waals surface area contributed by atoms with Gasteiger partial charge < -0.3 is 25.2 Å². The van der Waals surface area contributed by atoms with Crippen LogP contribution < -0.4 is 0 Å². The first-order valence-electron chi connectivity index (χ1n) is 14.6. The smallest absolute Gasteiger partial charge is 0.312 e. The Morgan fingerprint density at radius 1 is 1.03 bits per heavy atom. The maximum Gasteiger partial charge on any atom is 0.312 e. The molecule has 0 aromatic rings. The van der Waals surface area contributed by atoms with Crippen LogP contribution in [-0.4, -0.2) is 58.4 Å². The number of aliphatic hydroxyl groups excluding tert-OH is 4. The second kappa shape index (κ2) is 8.52. The third-order valence-electron chi connectivity index (χ3n) is 13.6. The van der Waals surface area contributed by atoms with Crippen LogP contribution in [0.5, 0.6) is 0 Å². The number of rotatable bonds is 2. The van der Waals surface area contributed by atoms with Crippen LogP contribution in [0.3, 0.4) is 0 Å². The zero-order valence-electron chi connectivity index (χ0n) is 24.0. The topological polar surface area (TPSA) is 107 Å². The largest absolute Gasteiger partial charge is 0.469 e. The van der Waals surface area contributed by atoms with Gasteiger partial charge in [-0.2, -0.15) is 0 Å². The maximum atomic E-state index is 13.4. The minimum Gasteiger partial charge on any atom is -0.469 e. The highest BCUT2D eigenvalue weighted by atomic mass is 16.5. The van der Waals surface area contributed by atoms with E-state index in [4.69, 9.17) is 4.74 Å². The lowest BCUT2D eigenvalue weighted by Crippen LogP contribution is -2.71. The van der Waals surface area contributed by atoms with E-state index in [-0.39, 0.29) is 41.2 Å². The van der Waals surface area contributed by atoms with E-state index in [0.29, 0.717) is 24.7 Å². The summed E-state index contributed by atoms with van der Waals surface area (Å²) in [6.07, 6.45) is 5.11. The molecule has 0 bridgehead atoms. The van der Waals surface area contributed by atoms with Gasteiger partial charge in [0.25, 0.3) is 0 Å². The number of hydrogen-bond acceptors (Lipinski definition) is 6. The van der Waals surface area contributed by atoms with Crippen molar-refractivity contribution in [2.24, 2.45) is 56.7 Å². The van der Waals surface area contributed by atoms with Crippen LogP contribution in [0, 0.1) is 56.7 Å². The van der Waals surface area contributed by atoms with E-state index in [2.05, 4.69) is 40.7 Å². The Balaban J connectivity index is 1.65. The second-order valence-corrected chi connectivity index (χ2v) is 14.8. The molecule has 4 N–H and O–H groups in total. The lowest BCUT2D eigenvalue weighted by Gasteiger charge is -2.72. The average Bonchev–Trinajstić information content (AvgIpc) is 2.84. The summed E-state index contributed by atoms with van der Waals surface area (Å²) in [5.74, 6) is 0.814. The number of hydrogen-bond donors (Lipinski definition) is 4. The van der Waals surface area contributed by atoms with Crippen molar-refractivity contribution in [2.75, 3.05) is 13.7 Å². The molecule has 0 aromatic heterocycles. The van der Waals surface area contributed by atoms with Gasteiger partial charge >= 0.3 is 5.97 Å². The zero-order chi connectivity index (χ0) is 27.3. The number of fused-ring (bicyclic) bond motifs is 7. The summed E-state index contributed by atoms with van der Waals surface area (Å²) in [5.41, 5.74) is -0.959. The van der Waals surface area contributed by atoms with Gasteiger partial charge in [0.1, 0.15) is 0 Å². The maximum absolute atomic E-state index is 13.4. The molecule has 4 saturated carbocycles. The molecule has 4 fully saturated rings. The van der Waals surface area contributed by atoms with Crippen molar-refractivity contribution in [3.05, 3.63) is 11.6 Å². The number of aliphatic hydroxyl groups is 4. The molecule has 0 aliphatic heterocycles. The fourth-order valence-electron chi connectivity index (χ4n) is 11.4. The Kier molecular flexibility index (Phi) is 6.36. The van der Waals surface area contributed by atoms with Gasteiger partial charge in [-0.3, -0.25) is 4.79 Å². The monoisotopic (exact) mass is 518 g/mol. The van der Waals surface area contributed by atoms with E-state index in [1.54, 1.807) is 0 Å². The van der Waals surface area contributed by atoms with Gasteiger partial charge in [-0.25, -0.2) is 0 Å². The minimum atomic E-state index is -1.07. The van der Waals surface area contributed by atoms with Crippen molar-refractivity contribution in [3.8, 4) is 0 Å². The summed E-state index contributed by atoms with van der Waals surface area (Å²) in [7, 11) is 1.52. The molecular formula is C31H50O6. The molecule has 210 valence electrons. The highest BCUT2D eigenvalue weighted by Crippen LogP contribution is 2.75. The first kappa shape index (κ1) is 27.6. The molecule has 5 aliphatic rings. The van der Waals surface area contributed by atoms with Crippen LogP contribution in [0.1, 0.15) is 86.5 Å². The van der Waals surface area contributed by atoms with Crippen LogP contribution in [0.15, 0.2) is 11.6 Å². The Morgan fingerprint density at radius 2 is 1.70 bits per heavy atom. The fourth-order valence-corrected chi connectivity index (χ4v) is 11.4. The first-order chi connectivity index (χ1) is 17.2. The van der Waals surface area contributed by atoms with Crippen LogP contribution in [0.2, 0.25) is 0 Å². The van der Waals surface area contributed by atoms with Crippen molar-refractivity contribution < 1.29 is 30.0 Å². The minimum absolute atomic E-state index is 0.0646. The molecule has 0 spiro atoms. The number of carbonyl (C=O) groups is 1. The zero-order valence-corrected chi connectivity index (χ0v) is 24.0. The normalized spacial score (nSPS) is 57.2. The highest BCUT2D eigenvalue weighted by Gasteiger charge is 2.72. The summed E-state index contributed by atoms with van der Waals surface area (Å²) >= 11 is 0. The van der Waals surface area contributed by atoms with E-state index < -0.39 is 34.6 Å². The van der Waals surface area contributed by atoms with E-state index >= 15 is 0 Å². The fraction of sp³-hybridized carbons (Fsp3) is 0.903. The van der Waals surface area contributed by atoms with Crippen molar-refractivity contribution in [1.82, 2.24) is 0 Å². The van der Waals surface area contributed by atoms with Crippen molar-refractivity contribution in [3.63, 3.8) is 0 Å². The molecule has 0 aromatic carbocycles. The van der Waals surface area contributed by atoms with Gasteiger partial charge in [0, 0.05) is 11.3 Å². The van der Waals surface area contributed by atoms with Crippen molar-refractivity contribution in [2.45, 2.75) is 105 Å². The Hall–Kier alpha value is -0.950. The number of allylic oxidation sites excluding steroid dienone is 2. The summed E-state index contributed by atoms with van der Waals surface area (Å²) in [6, 6.07) is 0. The van der Waals surface area contributed by atoms with Crippen LogP contribution in [-0.2, 0) is 9.53 Å². The number of methoxy groups -OCH3 is 1. The third kappa shape index (κ3) is 3.22. The Morgan fingerprint density at radius 3 is 2.32 bits per heavy atom.